The van der Waals surface area contributed by atoms with E-state index in [9.17, 15) is 4.79 Å². The Hall–Kier alpha value is -3.60. The molecular weight excluding hydrogens is 396 g/mol. The molecule has 1 aliphatic rings. The van der Waals surface area contributed by atoms with Crippen molar-refractivity contribution >= 4 is 16.8 Å². The number of hydrogen-bond donors (Lipinski definition) is 2. The second-order valence-electron chi connectivity index (χ2n) is 8.51. The van der Waals surface area contributed by atoms with Crippen LogP contribution in [0.2, 0.25) is 0 Å². The Morgan fingerprint density at radius 2 is 1.66 bits per heavy atom. The lowest BCUT2D eigenvalue weighted by Gasteiger charge is -2.22. The maximum atomic E-state index is 12.5. The van der Waals surface area contributed by atoms with Crippen molar-refractivity contribution < 1.29 is 4.79 Å². The minimum absolute atomic E-state index is 0.103. The average molecular weight is 425 g/mol. The molecule has 0 bridgehead atoms. The lowest BCUT2D eigenvalue weighted by molar-refractivity contribution is 0.232. The summed E-state index contributed by atoms with van der Waals surface area (Å²) in [5.74, 6) is 0. The first-order chi connectivity index (χ1) is 15.8. The highest BCUT2D eigenvalue weighted by Gasteiger charge is 2.17. The minimum Gasteiger partial charge on any atom is -0.335 e. The number of amides is 2. The fraction of sp³-hybridized carbons (Fsp3) is 0.259. The predicted molar refractivity (Wildman–Crippen MR) is 129 cm³/mol. The maximum absolute atomic E-state index is 12.5. The Morgan fingerprint density at radius 3 is 2.47 bits per heavy atom. The van der Waals surface area contributed by atoms with Gasteiger partial charge in [0, 0.05) is 29.9 Å². The molecule has 2 amide bonds. The third-order valence-electron chi connectivity index (χ3n) is 6.21. The molecule has 2 N–H and O–H groups in total. The molecule has 1 fully saturated rings. The molecule has 0 aliphatic heterocycles. The quantitative estimate of drug-likeness (QED) is 0.424. The van der Waals surface area contributed by atoms with Gasteiger partial charge in [-0.1, -0.05) is 73.9 Å². The zero-order valence-corrected chi connectivity index (χ0v) is 18.1. The summed E-state index contributed by atoms with van der Waals surface area (Å²) >= 11 is 0. The second-order valence-corrected chi connectivity index (χ2v) is 8.51. The molecule has 162 valence electrons. The van der Waals surface area contributed by atoms with Crippen LogP contribution in [0.25, 0.3) is 27.7 Å². The third kappa shape index (κ3) is 4.52. The van der Waals surface area contributed by atoms with Crippen LogP contribution in [0.1, 0.15) is 37.7 Å². The Balaban J connectivity index is 1.42. The van der Waals surface area contributed by atoms with Gasteiger partial charge in [0.1, 0.15) is 0 Å². The first kappa shape index (κ1) is 20.3. The number of benzene rings is 3. The van der Waals surface area contributed by atoms with Crippen molar-refractivity contribution in [3.05, 3.63) is 84.6 Å². The summed E-state index contributed by atoms with van der Waals surface area (Å²) in [7, 11) is 0. The number of urea groups is 1. The van der Waals surface area contributed by atoms with Gasteiger partial charge in [-0.3, -0.25) is 0 Å². The number of hydrogen-bond acceptors (Lipinski definition) is 2. The van der Waals surface area contributed by atoms with Gasteiger partial charge in [-0.25, -0.2) is 9.48 Å². The summed E-state index contributed by atoms with van der Waals surface area (Å²) in [5, 5.41) is 13.5. The summed E-state index contributed by atoms with van der Waals surface area (Å²) in [4.78, 5) is 12.5. The molecule has 1 saturated carbocycles. The topological polar surface area (TPSA) is 59.0 Å². The molecule has 0 unspecified atom stereocenters. The van der Waals surface area contributed by atoms with Gasteiger partial charge >= 0.3 is 6.03 Å². The van der Waals surface area contributed by atoms with Gasteiger partial charge in [0.25, 0.3) is 0 Å². The highest BCUT2D eigenvalue weighted by Crippen LogP contribution is 2.27. The zero-order chi connectivity index (χ0) is 21.8. The molecule has 5 nitrogen and oxygen atoms in total. The lowest BCUT2D eigenvalue weighted by Crippen LogP contribution is -2.42. The molecule has 1 aromatic heterocycles. The molecule has 3 aromatic carbocycles. The highest BCUT2D eigenvalue weighted by molar-refractivity contribution is 5.87. The molecule has 0 atom stereocenters. The highest BCUT2D eigenvalue weighted by atomic mass is 16.2. The van der Waals surface area contributed by atoms with Crippen molar-refractivity contribution in [3.63, 3.8) is 0 Å². The Labute approximate surface area is 188 Å². The van der Waals surface area contributed by atoms with Crippen LogP contribution in [-0.4, -0.2) is 21.9 Å². The summed E-state index contributed by atoms with van der Waals surface area (Å²) in [6, 6.07) is 25.0. The molecule has 32 heavy (non-hydrogen) atoms. The summed E-state index contributed by atoms with van der Waals surface area (Å²) in [6.07, 6.45) is 7.82. The van der Waals surface area contributed by atoms with E-state index in [4.69, 9.17) is 5.10 Å². The van der Waals surface area contributed by atoms with E-state index in [0.717, 1.165) is 35.3 Å². The van der Waals surface area contributed by atoms with E-state index in [-0.39, 0.29) is 12.1 Å². The predicted octanol–water partition coefficient (Wildman–Crippen LogP) is 5.82. The first-order valence-electron chi connectivity index (χ1n) is 11.4. The number of nitrogens with one attached hydrogen (secondary N) is 2. The number of carbonyl (C=O) groups is 1. The van der Waals surface area contributed by atoms with Crippen LogP contribution in [0.3, 0.4) is 0 Å². The standard InChI is InChI=1S/C27H28N4O/c32-27(29-24-11-3-1-4-12-24)28-18-23-19-31(25-13-5-2-6-14-25)30-26(23)22-16-15-20-9-7-8-10-21(20)17-22/h2,5-10,13-17,19,24H,1,3-4,11-12,18H2,(H2,28,29,32). The molecule has 1 aliphatic carbocycles. The largest absolute Gasteiger partial charge is 0.335 e. The molecule has 4 aromatic rings. The zero-order valence-electron chi connectivity index (χ0n) is 18.1. The van der Waals surface area contributed by atoms with Crippen molar-refractivity contribution in [2.45, 2.75) is 44.7 Å². The third-order valence-corrected chi connectivity index (χ3v) is 6.21. The molecule has 5 rings (SSSR count). The maximum Gasteiger partial charge on any atom is 0.315 e. The second kappa shape index (κ2) is 9.27. The van der Waals surface area contributed by atoms with Crippen LogP contribution >= 0.6 is 0 Å². The normalized spacial score (nSPS) is 14.4. The lowest BCUT2D eigenvalue weighted by atomic mass is 9.96. The van der Waals surface area contributed by atoms with Gasteiger partial charge in [0.15, 0.2) is 0 Å². The molecule has 0 spiro atoms. The van der Waals surface area contributed by atoms with Gasteiger partial charge < -0.3 is 10.6 Å². The van der Waals surface area contributed by atoms with Crippen molar-refractivity contribution in [3.8, 4) is 16.9 Å². The Morgan fingerprint density at radius 1 is 0.906 bits per heavy atom. The van der Waals surface area contributed by atoms with Crippen molar-refractivity contribution in [2.75, 3.05) is 0 Å². The number of aromatic nitrogens is 2. The molecule has 5 heteroatoms. The summed E-state index contributed by atoms with van der Waals surface area (Å²) in [6.45, 7) is 0.424. The van der Waals surface area contributed by atoms with Crippen LogP contribution in [0, 0.1) is 0 Å². The number of fused-ring (bicyclic) bond motifs is 1. The fourth-order valence-corrected chi connectivity index (χ4v) is 4.49. The van der Waals surface area contributed by atoms with E-state index in [2.05, 4.69) is 41.0 Å². The van der Waals surface area contributed by atoms with Crippen LogP contribution < -0.4 is 10.6 Å². The molecule has 0 saturated heterocycles. The monoisotopic (exact) mass is 424 g/mol. The van der Waals surface area contributed by atoms with Crippen LogP contribution in [-0.2, 0) is 6.54 Å². The SMILES string of the molecule is O=C(NCc1cn(-c2ccccc2)nc1-c1ccc2ccccc2c1)NC1CCCCC1. The van der Waals surface area contributed by atoms with Crippen LogP contribution in [0.15, 0.2) is 79.0 Å². The van der Waals surface area contributed by atoms with Crippen molar-refractivity contribution in [1.29, 1.82) is 0 Å². The number of para-hydroxylation sites is 1. The van der Waals surface area contributed by atoms with Crippen LogP contribution in [0.5, 0.6) is 0 Å². The summed E-state index contributed by atoms with van der Waals surface area (Å²) < 4.78 is 1.89. The first-order valence-corrected chi connectivity index (χ1v) is 11.4. The minimum atomic E-state index is -0.103. The summed E-state index contributed by atoms with van der Waals surface area (Å²) in [5.41, 5.74) is 3.91. The number of nitrogens with zero attached hydrogens (tertiary/aromatic N) is 2. The average Bonchev–Trinajstić information content (AvgIpc) is 3.28. The van der Waals surface area contributed by atoms with E-state index in [0.29, 0.717) is 6.54 Å². The van der Waals surface area contributed by atoms with E-state index >= 15 is 0 Å². The molecule has 0 radical (unpaired) electrons. The van der Waals surface area contributed by atoms with Gasteiger partial charge in [0.2, 0.25) is 0 Å². The van der Waals surface area contributed by atoms with Gasteiger partial charge in [-0.2, -0.15) is 5.10 Å². The number of carbonyl (C=O) groups excluding carboxylic acids is 1. The molecule has 1 heterocycles. The smallest absolute Gasteiger partial charge is 0.315 e. The van der Waals surface area contributed by atoms with E-state index in [1.165, 1.54) is 30.0 Å². The molecular formula is C27H28N4O. The fourth-order valence-electron chi connectivity index (χ4n) is 4.49. The van der Waals surface area contributed by atoms with E-state index < -0.39 is 0 Å². The van der Waals surface area contributed by atoms with Crippen LogP contribution in [0.4, 0.5) is 4.79 Å². The van der Waals surface area contributed by atoms with Crippen molar-refractivity contribution in [1.82, 2.24) is 20.4 Å². The van der Waals surface area contributed by atoms with E-state index in [1.807, 2.05) is 53.3 Å². The Bertz CT molecular complexity index is 1210. The van der Waals surface area contributed by atoms with Gasteiger partial charge in [-0.05, 0) is 41.8 Å². The Kier molecular flexibility index (Phi) is 5.88. The van der Waals surface area contributed by atoms with Gasteiger partial charge in [0.05, 0.1) is 11.4 Å². The van der Waals surface area contributed by atoms with E-state index in [1.54, 1.807) is 0 Å². The van der Waals surface area contributed by atoms with Gasteiger partial charge in [-0.15, -0.1) is 0 Å². The number of rotatable bonds is 5. The van der Waals surface area contributed by atoms with Crippen molar-refractivity contribution in [2.24, 2.45) is 0 Å².